The summed E-state index contributed by atoms with van der Waals surface area (Å²) in [6.45, 7) is 1.55. The highest BCUT2D eigenvalue weighted by Crippen LogP contribution is 2.37. The Balaban J connectivity index is 3.08. The summed E-state index contributed by atoms with van der Waals surface area (Å²) in [6, 6.07) is 7.63. The number of amides is 1. The van der Waals surface area contributed by atoms with Gasteiger partial charge in [0.15, 0.2) is 0 Å². The van der Waals surface area contributed by atoms with Gasteiger partial charge in [0.2, 0.25) is 0 Å². The molecule has 7 nitrogen and oxygen atoms in total. The Labute approximate surface area is 106 Å². The van der Waals surface area contributed by atoms with Gasteiger partial charge in [-0.25, -0.2) is 4.67 Å². The van der Waals surface area contributed by atoms with Crippen molar-refractivity contribution in [2.45, 2.75) is 13.0 Å². The number of nitrogens with zero attached hydrogens (tertiary/aromatic N) is 1. The van der Waals surface area contributed by atoms with Gasteiger partial charge in [-0.1, -0.05) is 18.2 Å². The van der Waals surface area contributed by atoms with Crippen molar-refractivity contribution in [3.8, 4) is 0 Å². The number of carbonyl (C=O) groups is 1. The molecular formula is C10H17N4O3P. The third-order valence-electron chi connectivity index (χ3n) is 2.19. The molecule has 1 aromatic rings. The normalized spacial score (nSPS) is 13.1. The van der Waals surface area contributed by atoms with Crippen molar-refractivity contribution in [2.24, 2.45) is 11.0 Å². The van der Waals surface area contributed by atoms with Crippen LogP contribution in [0.25, 0.3) is 0 Å². The van der Waals surface area contributed by atoms with E-state index in [4.69, 9.17) is 11.0 Å². The fourth-order valence-corrected chi connectivity index (χ4v) is 2.42. The van der Waals surface area contributed by atoms with Gasteiger partial charge in [-0.05, 0) is 19.1 Å². The Hall–Kier alpha value is -1.24. The molecule has 1 aromatic carbocycles. The summed E-state index contributed by atoms with van der Waals surface area (Å²) in [4.78, 5) is 16.8. The average molecular weight is 272 g/mol. The lowest BCUT2D eigenvalue weighted by Crippen LogP contribution is -2.45. The number of rotatable bonds is 5. The minimum absolute atomic E-state index is 0.376. The fraction of sp³-hybridized carbons (Fsp3) is 0.300. The highest BCUT2D eigenvalue weighted by atomic mass is 31.2. The number of anilines is 1. The average Bonchev–Trinajstić information content (AvgIpc) is 2.29. The van der Waals surface area contributed by atoms with Crippen molar-refractivity contribution in [1.29, 1.82) is 0 Å². The zero-order valence-electron chi connectivity index (χ0n) is 10.2. The quantitative estimate of drug-likeness (QED) is 0.534. The van der Waals surface area contributed by atoms with Crippen molar-refractivity contribution in [3.05, 3.63) is 30.3 Å². The van der Waals surface area contributed by atoms with E-state index < -0.39 is 19.5 Å². The first kappa shape index (κ1) is 14.8. The van der Waals surface area contributed by atoms with Gasteiger partial charge in [0.05, 0.1) is 12.8 Å². The minimum atomic E-state index is -3.74. The number of carbonyl (C=O) groups excluding carboxylic acids is 1. The molecular weight excluding hydrogens is 255 g/mol. The Morgan fingerprint density at radius 3 is 2.39 bits per heavy atom. The van der Waals surface area contributed by atoms with E-state index in [9.17, 15) is 9.36 Å². The van der Waals surface area contributed by atoms with E-state index in [0.29, 0.717) is 5.69 Å². The van der Waals surface area contributed by atoms with Crippen LogP contribution < -0.4 is 21.2 Å². The molecule has 0 bridgehead atoms. The van der Waals surface area contributed by atoms with E-state index in [1.807, 2.05) is 0 Å². The summed E-state index contributed by atoms with van der Waals surface area (Å²) in [5, 5.41) is 0. The Kier molecular flexibility index (Phi) is 5.01. The number of hydroxylamine groups is 1. The molecule has 0 saturated carbocycles. The fourth-order valence-electron chi connectivity index (χ4n) is 1.44. The molecule has 8 heteroatoms. The Bertz CT molecular complexity index is 448. The Morgan fingerprint density at radius 2 is 1.94 bits per heavy atom. The maximum absolute atomic E-state index is 12.1. The van der Waals surface area contributed by atoms with Gasteiger partial charge in [-0.2, -0.15) is 5.48 Å². The molecule has 0 unspecified atom stereocenters. The van der Waals surface area contributed by atoms with Crippen LogP contribution in [0.15, 0.2) is 30.3 Å². The van der Waals surface area contributed by atoms with Gasteiger partial charge in [0, 0.05) is 0 Å². The number of para-hydroxylation sites is 1. The highest BCUT2D eigenvalue weighted by molar-refractivity contribution is 7.61. The number of nitrogens with one attached hydrogen (secondary N) is 1. The van der Waals surface area contributed by atoms with Crippen LogP contribution in [0.5, 0.6) is 0 Å². The molecule has 18 heavy (non-hydrogen) atoms. The van der Waals surface area contributed by atoms with E-state index >= 15 is 0 Å². The molecule has 0 heterocycles. The maximum atomic E-state index is 12.1. The first-order valence-electron chi connectivity index (χ1n) is 5.23. The van der Waals surface area contributed by atoms with Gasteiger partial charge >= 0.3 is 7.59 Å². The molecule has 100 valence electrons. The van der Waals surface area contributed by atoms with Gasteiger partial charge in [0.25, 0.3) is 5.91 Å². The molecule has 0 saturated heterocycles. The van der Waals surface area contributed by atoms with Crippen LogP contribution in [-0.4, -0.2) is 19.1 Å². The van der Waals surface area contributed by atoms with Gasteiger partial charge in [0.1, 0.15) is 6.04 Å². The summed E-state index contributed by atoms with van der Waals surface area (Å²) in [5.41, 5.74) is 13.7. The van der Waals surface area contributed by atoms with E-state index in [1.54, 1.807) is 37.3 Å². The topological polar surface area (TPSA) is 111 Å². The maximum Gasteiger partial charge on any atom is 0.307 e. The van der Waals surface area contributed by atoms with Crippen LogP contribution in [0.1, 0.15) is 6.92 Å². The van der Waals surface area contributed by atoms with Gasteiger partial charge in [-0.15, -0.1) is 0 Å². The van der Waals surface area contributed by atoms with Crippen molar-refractivity contribution >= 4 is 19.2 Å². The van der Waals surface area contributed by atoms with Crippen molar-refractivity contribution in [1.82, 2.24) is 5.48 Å². The van der Waals surface area contributed by atoms with Gasteiger partial charge < -0.3 is 4.84 Å². The van der Waals surface area contributed by atoms with Crippen molar-refractivity contribution in [3.63, 3.8) is 0 Å². The third kappa shape index (κ3) is 3.63. The lowest BCUT2D eigenvalue weighted by atomic mass is 10.3. The zero-order chi connectivity index (χ0) is 13.8. The first-order chi connectivity index (χ1) is 8.38. The number of hydrogen-bond acceptors (Lipinski definition) is 4. The minimum Gasteiger partial charge on any atom is -0.304 e. The second kappa shape index (κ2) is 6.08. The number of nitrogens with two attached hydrogens (primary N) is 2. The van der Waals surface area contributed by atoms with Crippen LogP contribution in [0.2, 0.25) is 0 Å². The van der Waals surface area contributed by atoms with E-state index in [-0.39, 0.29) is 0 Å². The Morgan fingerprint density at radius 1 is 1.39 bits per heavy atom. The summed E-state index contributed by atoms with van der Waals surface area (Å²) in [6.07, 6.45) is 0. The molecule has 1 rings (SSSR count). The summed E-state index contributed by atoms with van der Waals surface area (Å²) in [5.74, 6) is -0.531. The molecule has 0 aliphatic heterocycles. The van der Waals surface area contributed by atoms with Crippen LogP contribution in [0.3, 0.4) is 0 Å². The summed E-state index contributed by atoms with van der Waals surface area (Å²) >= 11 is 0. The second-order valence-electron chi connectivity index (χ2n) is 3.70. The lowest BCUT2D eigenvalue weighted by Gasteiger charge is -2.28. The van der Waals surface area contributed by atoms with Gasteiger partial charge in [-0.3, -0.25) is 20.4 Å². The lowest BCUT2D eigenvalue weighted by molar-refractivity contribution is -0.122. The largest absolute Gasteiger partial charge is 0.307 e. The van der Waals surface area contributed by atoms with E-state index in [1.165, 1.54) is 7.11 Å². The smallest absolute Gasteiger partial charge is 0.304 e. The molecule has 0 radical (unpaired) electrons. The van der Waals surface area contributed by atoms with Crippen LogP contribution >= 0.6 is 7.59 Å². The SMILES string of the molecule is CON[C@@H](C)C(=O)N(c1ccccc1)P(N)(N)=O. The molecule has 0 aromatic heterocycles. The van der Waals surface area contributed by atoms with Crippen LogP contribution in [-0.2, 0) is 14.2 Å². The predicted octanol–water partition coefficient (Wildman–Crippen LogP) is 0.585. The van der Waals surface area contributed by atoms with Crippen LogP contribution in [0.4, 0.5) is 5.69 Å². The first-order valence-corrected chi connectivity index (χ1v) is 7.03. The number of benzene rings is 1. The molecule has 1 amide bonds. The molecule has 0 aliphatic carbocycles. The monoisotopic (exact) mass is 272 g/mol. The summed E-state index contributed by atoms with van der Waals surface area (Å²) in [7, 11) is -2.37. The molecule has 5 N–H and O–H groups in total. The highest BCUT2D eigenvalue weighted by Gasteiger charge is 2.31. The van der Waals surface area contributed by atoms with Crippen molar-refractivity contribution < 1.29 is 14.2 Å². The summed E-state index contributed by atoms with van der Waals surface area (Å²) < 4.78 is 12.7. The van der Waals surface area contributed by atoms with Crippen LogP contribution in [0, 0.1) is 0 Å². The van der Waals surface area contributed by atoms with Crippen molar-refractivity contribution in [2.75, 3.05) is 11.8 Å². The molecule has 0 fully saturated rings. The van der Waals surface area contributed by atoms with E-state index in [0.717, 1.165) is 4.67 Å². The standard InChI is InChI=1S/C10H17N4O3P/c1-8(13-17-2)10(15)14(18(11,12)16)9-6-4-3-5-7-9/h3-8,13H,1-2H3,(H4,11,12,16)/t8-/m0/s1. The second-order valence-corrected chi connectivity index (χ2v) is 5.45. The molecule has 0 aliphatic rings. The third-order valence-corrected chi connectivity index (χ3v) is 3.24. The van der Waals surface area contributed by atoms with E-state index in [2.05, 4.69) is 10.3 Å². The molecule has 1 atom stereocenters. The predicted molar refractivity (Wildman–Crippen MR) is 69.5 cm³/mol. The number of hydrogen-bond donors (Lipinski definition) is 3. The zero-order valence-corrected chi connectivity index (χ0v) is 11.1. The molecule has 0 spiro atoms.